The van der Waals surface area contributed by atoms with E-state index in [9.17, 15) is 12.8 Å². The summed E-state index contributed by atoms with van der Waals surface area (Å²) in [5.41, 5.74) is 0.533. The number of hydrogen-bond donors (Lipinski definition) is 2. The lowest BCUT2D eigenvalue weighted by Crippen LogP contribution is -2.15. The van der Waals surface area contributed by atoms with Crippen LogP contribution in [-0.4, -0.2) is 20.1 Å². The molecule has 0 atom stereocenters. The Balaban J connectivity index is 2.23. The Morgan fingerprint density at radius 1 is 1.33 bits per heavy atom. The van der Waals surface area contributed by atoms with Gasteiger partial charge < -0.3 is 9.84 Å². The standard InChI is InChI=1S/C13H16FN3O3S/c1-3-6-15-10-4-5-12(11(14)8-10)21(18,19)17-13-7-9(2)20-16-13/h4-5,7-8,15H,3,6H2,1-2H3,(H,16,17). The van der Waals surface area contributed by atoms with Gasteiger partial charge in [0.2, 0.25) is 0 Å². The van der Waals surface area contributed by atoms with Gasteiger partial charge in [0.15, 0.2) is 5.82 Å². The fourth-order valence-corrected chi connectivity index (χ4v) is 2.75. The zero-order chi connectivity index (χ0) is 15.5. The number of benzene rings is 1. The number of sulfonamides is 1. The maximum absolute atomic E-state index is 14.0. The number of aromatic nitrogens is 1. The Kier molecular flexibility index (Phi) is 4.46. The molecule has 2 N–H and O–H groups in total. The van der Waals surface area contributed by atoms with Gasteiger partial charge in [-0.2, -0.15) is 0 Å². The predicted molar refractivity (Wildman–Crippen MR) is 77.2 cm³/mol. The lowest BCUT2D eigenvalue weighted by molar-refractivity contribution is 0.400. The lowest BCUT2D eigenvalue weighted by atomic mass is 10.3. The van der Waals surface area contributed by atoms with Crippen molar-refractivity contribution in [3.05, 3.63) is 35.8 Å². The molecule has 0 amide bonds. The molecule has 0 saturated carbocycles. The summed E-state index contributed by atoms with van der Waals surface area (Å²) in [5, 5.41) is 6.50. The molecule has 0 fully saturated rings. The van der Waals surface area contributed by atoms with Crippen LogP contribution in [0.25, 0.3) is 0 Å². The third-order valence-corrected chi connectivity index (χ3v) is 4.06. The van der Waals surface area contributed by atoms with Crippen LogP contribution in [-0.2, 0) is 10.0 Å². The summed E-state index contributed by atoms with van der Waals surface area (Å²) in [6.45, 7) is 4.29. The zero-order valence-electron chi connectivity index (χ0n) is 11.7. The van der Waals surface area contributed by atoms with Crippen LogP contribution in [0.5, 0.6) is 0 Å². The van der Waals surface area contributed by atoms with E-state index in [0.717, 1.165) is 12.5 Å². The van der Waals surface area contributed by atoms with E-state index < -0.39 is 20.7 Å². The van der Waals surface area contributed by atoms with Crippen LogP contribution < -0.4 is 10.0 Å². The van der Waals surface area contributed by atoms with E-state index in [1.54, 1.807) is 6.92 Å². The smallest absolute Gasteiger partial charge is 0.266 e. The molecular formula is C13H16FN3O3S. The van der Waals surface area contributed by atoms with Crippen molar-refractivity contribution < 1.29 is 17.3 Å². The molecule has 0 saturated heterocycles. The normalized spacial score (nSPS) is 11.4. The van der Waals surface area contributed by atoms with Gasteiger partial charge >= 0.3 is 0 Å². The molecule has 1 heterocycles. The molecule has 6 nitrogen and oxygen atoms in total. The highest BCUT2D eigenvalue weighted by molar-refractivity contribution is 7.92. The van der Waals surface area contributed by atoms with E-state index in [1.165, 1.54) is 18.2 Å². The monoisotopic (exact) mass is 313 g/mol. The molecule has 114 valence electrons. The SMILES string of the molecule is CCCNc1ccc(S(=O)(=O)Nc2cc(C)on2)c(F)c1. The number of rotatable bonds is 6. The second-order valence-electron chi connectivity index (χ2n) is 4.50. The third-order valence-electron chi connectivity index (χ3n) is 2.67. The molecule has 1 aromatic carbocycles. The fraction of sp³-hybridized carbons (Fsp3) is 0.308. The maximum atomic E-state index is 14.0. The first-order chi connectivity index (χ1) is 9.92. The summed E-state index contributed by atoms with van der Waals surface area (Å²) < 4.78 is 45.1. The Labute approximate surface area is 122 Å². The average molecular weight is 313 g/mol. The second-order valence-corrected chi connectivity index (χ2v) is 6.15. The van der Waals surface area contributed by atoms with Crippen molar-refractivity contribution in [3.63, 3.8) is 0 Å². The van der Waals surface area contributed by atoms with Gasteiger partial charge in [0.1, 0.15) is 16.5 Å². The molecule has 21 heavy (non-hydrogen) atoms. The Morgan fingerprint density at radius 3 is 2.67 bits per heavy atom. The van der Waals surface area contributed by atoms with Crippen LogP contribution in [0.4, 0.5) is 15.9 Å². The topological polar surface area (TPSA) is 84.2 Å². The summed E-state index contributed by atoms with van der Waals surface area (Å²) in [6, 6.07) is 5.29. The Morgan fingerprint density at radius 2 is 2.10 bits per heavy atom. The first-order valence-electron chi connectivity index (χ1n) is 6.42. The lowest BCUT2D eigenvalue weighted by Gasteiger charge is -2.09. The molecule has 0 radical (unpaired) electrons. The van der Waals surface area contributed by atoms with Gasteiger partial charge in [-0.05, 0) is 31.5 Å². The van der Waals surface area contributed by atoms with Crippen molar-refractivity contribution in [2.75, 3.05) is 16.6 Å². The summed E-state index contributed by atoms with van der Waals surface area (Å²) in [7, 11) is -4.04. The maximum Gasteiger partial charge on any atom is 0.266 e. The highest BCUT2D eigenvalue weighted by Gasteiger charge is 2.20. The van der Waals surface area contributed by atoms with E-state index in [1.807, 2.05) is 6.92 Å². The number of halogens is 1. The minimum Gasteiger partial charge on any atom is -0.385 e. The van der Waals surface area contributed by atoms with Crippen LogP contribution in [0.3, 0.4) is 0 Å². The van der Waals surface area contributed by atoms with Crippen LogP contribution in [0.2, 0.25) is 0 Å². The Bertz CT molecular complexity index is 728. The minimum atomic E-state index is -4.04. The first kappa shape index (κ1) is 15.3. The van der Waals surface area contributed by atoms with Crippen LogP contribution in [0.15, 0.2) is 33.7 Å². The van der Waals surface area contributed by atoms with Crippen molar-refractivity contribution in [1.29, 1.82) is 0 Å². The van der Waals surface area contributed by atoms with Gasteiger partial charge in [-0.25, -0.2) is 12.8 Å². The summed E-state index contributed by atoms with van der Waals surface area (Å²) in [6.07, 6.45) is 0.884. The summed E-state index contributed by atoms with van der Waals surface area (Å²) in [5.74, 6) is -0.365. The number of anilines is 2. The molecule has 0 aliphatic heterocycles. The molecule has 0 aliphatic rings. The molecule has 0 bridgehead atoms. The third kappa shape index (κ3) is 3.72. The summed E-state index contributed by atoms with van der Waals surface area (Å²) >= 11 is 0. The highest BCUT2D eigenvalue weighted by Crippen LogP contribution is 2.21. The molecule has 0 spiro atoms. The quantitative estimate of drug-likeness (QED) is 0.856. The second kappa shape index (κ2) is 6.13. The zero-order valence-corrected chi connectivity index (χ0v) is 12.5. The van der Waals surface area contributed by atoms with Crippen molar-refractivity contribution in [1.82, 2.24) is 5.16 Å². The first-order valence-corrected chi connectivity index (χ1v) is 7.90. The number of hydrogen-bond acceptors (Lipinski definition) is 5. The van der Waals surface area contributed by atoms with Crippen molar-refractivity contribution in [2.45, 2.75) is 25.2 Å². The van der Waals surface area contributed by atoms with Crippen molar-refractivity contribution in [2.24, 2.45) is 0 Å². The van der Waals surface area contributed by atoms with Gasteiger partial charge in [-0.15, -0.1) is 0 Å². The van der Waals surface area contributed by atoms with Crippen LogP contribution in [0, 0.1) is 12.7 Å². The minimum absolute atomic E-state index is 0.0140. The van der Waals surface area contributed by atoms with Crippen molar-refractivity contribution in [3.8, 4) is 0 Å². The van der Waals surface area contributed by atoms with E-state index in [0.29, 0.717) is 18.0 Å². The summed E-state index contributed by atoms with van der Waals surface area (Å²) in [4.78, 5) is -0.440. The molecule has 0 aliphatic carbocycles. The van der Waals surface area contributed by atoms with Gasteiger partial charge in [0, 0.05) is 18.3 Å². The van der Waals surface area contributed by atoms with Gasteiger partial charge in [0.25, 0.3) is 10.0 Å². The number of nitrogens with one attached hydrogen (secondary N) is 2. The van der Waals surface area contributed by atoms with E-state index in [4.69, 9.17) is 4.52 Å². The van der Waals surface area contributed by atoms with Crippen LogP contribution in [0.1, 0.15) is 19.1 Å². The molecule has 2 aromatic rings. The van der Waals surface area contributed by atoms with Gasteiger partial charge in [0.05, 0.1) is 0 Å². The molecule has 8 heteroatoms. The largest absolute Gasteiger partial charge is 0.385 e. The highest BCUT2D eigenvalue weighted by atomic mass is 32.2. The Hall–Kier alpha value is -2.09. The van der Waals surface area contributed by atoms with E-state index in [-0.39, 0.29) is 5.82 Å². The van der Waals surface area contributed by atoms with Crippen LogP contribution >= 0.6 is 0 Å². The van der Waals surface area contributed by atoms with Gasteiger partial charge in [-0.1, -0.05) is 12.1 Å². The van der Waals surface area contributed by atoms with Crippen molar-refractivity contribution >= 4 is 21.5 Å². The number of nitrogens with zero attached hydrogens (tertiary/aromatic N) is 1. The van der Waals surface area contributed by atoms with E-state index in [2.05, 4.69) is 15.2 Å². The average Bonchev–Trinajstić information content (AvgIpc) is 2.80. The number of aryl methyl sites for hydroxylation is 1. The molecule has 2 rings (SSSR count). The van der Waals surface area contributed by atoms with E-state index >= 15 is 0 Å². The fourth-order valence-electron chi connectivity index (χ4n) is 1.71. The molecule has 1 aromatic heterocycles. The molecule has 0 unspecified atom stereocenters. The predicted octanol–water partition coefficient (Wildman–Crippen LogP) is 2.74. The molecular weight excluding hydrogens is 297 g/mol. The van der Waals surface area contributed by atoms with Gasteiger partial charge in [-0.3, -0.25) is 4.72 Å².